The van der Waals surface area contributed by atoms with Crippen LogP contribution in [-0.4, -0.2) is 31.1 Å². The lowest BCUT2D eigenvalue weighted by molar-refractivity contribution is 0.421. The van der Waals surface area contributed by atoms with E-state index < -0.39 is 15.8 Å². The molecule has 0 saturated carbocycles. The molecular formula is C12H16BrClFNO2S. The minimum atomic E-state index is -3.76. The highest BCUT2D eigenvalue weighted by Crippen LogP contribution is 2.25. The summed E-state index contributed by atoms with van der Waals surface area (Å²) < 4.78 is 39.5. The first-order valence-electron chi connectivity index (χ1n) is 5.94. The van der Waals surface area contributed by atoms with Crippen molar-refractivity contribution >= 4 is 37.6 Å². The van der Waals surface area contributed by atoms with E-state index in [4.69, 9.17) is 11.6 Å². The van der Waals surface area contributed by atoms with Gasteiger partial charge in [-0.05, 0) is 24.6 Å². The molecule has 3 nitrogen and oxygen atoms in total. The molecule has 19 heavy (non-hydrogen) atoms. The molecule has 108 valence electrons. The quantitative estimate of drug-likeness (QED) is 0.685. The van der Waals surface area contributed by atoms with E-state index in [0.29, 0.717) is 18.4 Å². The van der Waals surface area contributed by atoms with Crippen LogP contribution in [0.4, 0.5) is 4.39 Å². The third kappa shape index (κ3) is 4.41. The summed E-state index contributed by atoms with van der Waals surface area (Å²) in [6.07, 6.45) is 1.63. The molecule has 0 N–H and O–H groups in total. The average Bonchev–Trinajstić information content (AvgIpc) is 2.37. The molecule has 0 unspecified atom stereocenters. The van der Waals surface area contributed by atoms with E-state index >= 15 is 0 Å². The van der Waals surface area contributed by atoms with E-state index in [1.165, 1.54) is 10.4 Å². The van der Waals surface area contributed by atoms with E-state index in [1.807, 2.05) is 6.92 Å². The summed E-state index contributed by atoms with van der Waals surface area (Å²) in [5.74, 6) is -0.614. The maximum absolute atomic E-state index is 13.2. The summed E-state index contributed by atoms with van der Waals surface area (Å²) in [7, 11) is -3.76. The highest BCUT2D eigenvalue weighted by atomic mass is 79.9. The predicted molar refractivity (Wildman–Crippen MR) is 78.9 cm³/mol. The molecule has 0 saturated heterocycles. The van der Waals surface area contributed by atoms with Gasteiger partial charge in [0, 0.05) is 18.4 Å². The minimum Gasteiger partial charge on any atom is -0.207 e. The Balaban J connectivity index is 3.14. The van der Waals surface area contributed by atoms with Crippen LogP contribution in [0.1, 0.15) is 19.8 Å². The number of rotatable bonds is 7. The Bertz CT molecular complexity index is 524. The molecule has 0 fully saturated rings. The van der Waals surface area contributed by atoms with Gasteiger partial charge in [-0.1, -0.05) is 40.9 Å². The molecule has 0 radical (unpaired) electrons. The molecule has 0 atom stereocenters. The van der Waals surface area contributed by atoms with E-state index in [0.717, 1.165) is 25.0 Å². The number of sulfonamides is 1. The van der Waals surface area contributed by atoms with Gasteiger partial charge in [-0.15, -0.1) is 0 Å². The Kier molecular flexibility index (Phi) is 6.73. The zero-order valence-electron chi connectivity index (χ0n) is 10.6. The van der Waals surface area contributed by atoms with Crippen LogP contribution >= 0.6 is 27.5 Å². The Hall–Kier alpha value is -0.170. The molecule has 1 aromatic rings. The molecule has 0 aliphatic heterocycles. The van der Waals surface area contributed by atoms with Crippen molar-refractivity contribution in [3.05, 3.63) is 29.0 Å². The first kappa shape index (κ1) is 16.9. The number of benzene rings is 1. The fourth-order valence-electron chi connectivity index (χ4n) is 1.59. The molecule has 1 rings (SSSR count). The lowest BCUT2D eigenvalue weighted by atomic mass is 10.3. The number of unbranched alkanes of at least 4 members (excludes halogenated alkanes) is 1. The van der Waals surface area contributed by atoms with Gasteiger partial charge < -0.3 is 0 Å². The summed E-state index contributed by atoms with van der Waals surface area (Å²) in [6.45, 7) is 2.71. The first-order chi connectivity index (χ1) is 8.93. The molecule has 0 aliphatic rings. The van der Waals surface area contributed by atoms with Gasteiger partial charge >= 0.3 is 0 Å². The van der Waals surface area contributed by atoms with E-state index in [-0.39, 0.29) is 9.92 Å². The lowest BCUT2D eigenvalue weighted by Crippen LogP contribution is -2.33. The Morgan fingerprint density at radius 2 is 2.05 bits per heavy atom. The van der Waals surface area contributed by atoms with Gasteiger partial charge in [0.05, 0.1) is 5.02 Å². The topological polar surface area (TPSA) is 37.4 Å². The molecule has 0 spiro atoms. The number of nitrogens with zero attached hydrogens (tertiary/aromatic N) is 1. The second kappa shape index (κ2) is 7.57. The zero-order valence-corrected chi connectivity index (χ0v) is 13.7. The number of halogens is 3. The average molecular weight is 373 g/mol. The number of hydrogen-bond donors (Lipinski definition) is 0. The van der Waals surface area contributed by atoms with E-state index in [1.54, 1.807) is 0 Å². The van der Waals surface area contributed by atoms with Gasteiger partial charge in [0.1, 0.15) is 10.7 Å². The van der Waals surface area contributed by atoms with Crippen molar-refractivity contribution in [2.24, 2.45) is 0 Å². The molecule has 0 bridgehead atoms. The molecule has 7 heteroatoms. The standard InChI is InChI=1S/C12H16BrClFNO2S/c1-2-3-7-16(8-6-13)19(17,18)12-9-10(15)4-5-11(12)14/h4-5,9H,2-3,6-8H2,1H3. The Morgan fingerprint density at radius 3 is 2.63 bits per heavy atom. The van der Waals surface area contributed by atoms with Crippen molar-refractivity contribution in [3.63, 3.8) is 0 Å². The largest absolute Gasteiger partial charge is 0.244 e. The maximum atomic E-state index is 13.2. The molecule has 0 heterocycles. The maximum Gasteiger partial charge on any atom is 0.244 e. The van der Waals surface area contributed by atoms with Gasteiger partial charge in [0.2, 0.25) is 10.0 Å². The number of hydrogen-bond acceptors (Lipinski definition) is 2. The van der Waals surface area contributed by atoms with Crippen molar-refractivity contribution in [1.29, 1.82) is 0 Å². The molecule has 1 aromatic carbocycles. The fraction of sp³-hybridized carbons (Fsp3) is 0.500. The van der Waals surface area contributed by atoms with E-state index in [2.05, 4.69) is 15.9 Å². The summed E-state index contributed by atoms with van der Waals surface area (Å²) in [6, 6.07) is 3.36. The van der Waals surface area contributed by atoms with Crippen molar-refractivity contribution in [2.75, 3.05) is 18.4 Å². The summed E-state index contributed by atoms with van der Waals surface area (Å²) >= 11 is 9.10. The second-order valence-electron chi connectivity index (χ2n) is 4.02. The van der Waals surface area contributed by atoms with Crippen LogP contribution in [-0.2, 0) is 10.0 Å². The van der Waals surface area contributed by atoms with Crippen LogP contribution in [0.2, 0.25) is 5.02 Å². The summed E-state index contributed by atoms with van der Waals surface area (Å²) in [5.41, 5.74) is 0. The van der Waals surface area contributed by atoms with Crippen LogP contribution in [0.3, 0.4) is 0 Å². The van der Waals surface area contributed by atoms with Crippen molar-refractivity contribution in [1.82, 2.24) is 4.31 Å². The number of alkyl halides is 1. The minimum absolute atomic E-state index is 0.0393. The summed E-state index contributed by atoms with van der Waals surface area (Å²) in [5, 5.41) is 0.556. The smallest absolute Gasteiger partial charge is 0.207 e. The first-order valence-corrected chi connectivity index (χ1v) is 8.88. The van der Waals surface area contributed by atoms with Crippen LogP contribution in [0.15, 0.2) is 23.1 Å². The van der Waals surface area contributed by atoms with Gasteiger partial charge in [-0.25, -0.2) is 12.8 Å². The third-order valence-electron chi connectivity index (χ3n) is 2.61. The predicted octanol–water partition coefficient (Wildman–Crippen LogP) is 3.66. The monoisotopic (exact) mass is 371 g/mol. The van der Waals surface area contributed by atoms with Crippen molar-refractivity contribution < 1.29 is 12.8 Å². The highest BCUT2D eigenvalue weighted by molar-refractivity contribution is 9.09. The third-order valence-corrected chi connectivity index (χ3v) is 5.34. The van der Waals surface area contributed by atoms with Crippen LogP contribution in [0.5, 0.6) is 0 Å². The SMILES string of the molecule is CCCCN(CCBr)S(=O)(=O)c1cc(F)ccc1Cl. The molecule has 0 aliphatic carbocycles. The van der Waals surface area contributed by atoms with Gasteiger partial charge in [0.15, 0.2) is 0 Å². The Labute approximate surface area is 126 Å². The normalized spacial score (nSPS) is 12.1. The molecule has 0 aromatic heterocycles. The van der Waals surface area contributed by atoms with Gasteiger partial charge in [-0.3, -0.25) is 0 Å². The Morgan fingerprint density at radius 1 is 1.37 bits per heavy atom. The fourth-order valence-corrected chi connectivity index (χ4v) is 4.22. The van der Waals surface area contributed by atoms with Gasteiger partial charge in [0.25, 0.3) is 0 Å². The molecule has 0 amide bonds. The van der Waals surface area contributed by atoms with E-state index in [9.17, 15) is 12.8 Å². The van der Waals surface area contributed by atoms with Gasteiger partial charge in [-0.2, -0.15) is 4.31 Å². The lowest BCUT2D eigenvalue weighted by Gasteiger charge is -2.21. The van der Waals surface area contributed by atoms with Crippen LogP contribution < -0.4 is 0 Å². The van der Waals surface area contributed by atoms with Crippen molar-refractivity contribution in [2.45, 2.75) is 24.7 Å². The zero-order chi connectivity index (χ0) is 14.5. The summed E-state index contributed by atoms with van der Waals surface area (Å²) in [4.78, 5) is -0.175. The highest BCUT2D eigenvalue weighted by Gasteiger charge is 2.26. The molecular weight excluding hydrogens is 357 g/mol. The van der Waals surface area contributed by atoms with Crippen LogP contribution in [0.25, 0.3) is 0 Å². The van der Waals surface area contributed by atoms with Crippen LogP contribution in [0, 0.1) is 5.82 Å². The van der Waals surface area contributed by atoms with Crippen molar-refractivity contribution in [3.8, 4) is 0 Å². The second-order valence-corrected chi connectivity index (χ2v) is 7.13.